The van der Waals surface area contributed by atoms with E-state index >= 15 is 0 Å². The van der Waals surface area contributed by atoms with E-state index < -0.39 is 6.43 Å². The molecule has 2 N–H and O–H groups in total. The van der Waals surface area contributed by atoms with Crippen molar-refractivity contribution in [3.8, 4) is 0 Å². The zero-order valence-electron chi connectivity index (χ0n) is 6.60. The van der Waals surface area contributed by atoms with Crippen molar-refractivity contribution in [2.75, 3.05) is 0 Å². The molecule has 13 heavy (non-hydrogen) atoms. The maximum Gasteiger partial charge on any atom is 0.265 e. The van der Waals surface area contributed by atoms with Crippen LogP contribution in [0.4, 0.5) is 8.78 Å². The molecular weight excluding hydrogens is 200 g/mol. The lowest BCUT2D eigenvalue weighted by atomic mass is 10.1. The topological polar surface area (TPSA) is 32.3 Å². The van der Waals surface area contributed by atoms with E-state index in [1.165, 1.54) is 12.1 Å². The summed E-state index contributed by atoms with van der Waals surface area (Å²) in [6, 6.07) is 4.43. The minimum Gasteiger partial charge on any atom is -0.316 e. The molecule has 1 rings (SSSR count). The third-order valence-electron chi connectivity index (χ3n) is 1.63. The van der Waals surface area contributed by atoms with E-state index in [4.69, 9.17) is 16.8 Å². The average Bonchev–Trinajstić information content (AvgIpc) is 2.04. The Morgan fingerprint density at radius 3 is 2.69 bits per heavy atom. The van der Waals surface area contributed by atoms with Crippen molar-refractivity contribution in [1.82, 2.24) is 5.48 Å². The van der Waals surface area contributed by atoms with Gasteiger partial charge in [0.2, 0.25) is 0 Å². The number of hydrogen-bond acceptors (Lipinski definition) is 2. The van der Waals surface area contributed by atoms with Crippen molar-refractivity contribution in [2.45, 2.75) is 13.0 Å². The van der Waals surface area contributed by atoms with Crippen LogP contribution in [0.25, 0.3) is 0 Å². The fraction of sp³-hybridized carbons (Fsp3) is 0.250. The molecule has 0 aliphatic rings. The molecule has 0 fully saturated rings. The van der Waals surface area contributed by atoms with E-state index in [-0.39, 0.29) is 17.1 Å². The van der Waals surface area contributed by atoms with E-state index in [1.54, 1.807) is 6.07 Å². The van der Waals surface area contributed by atoms with Crippen LogP contribution in [0.2, 0.25) is 5.02 Å². The van der Waals surface area contributed by atoms with E-state index in [9.17, 15) is 8.78 Å². The van der Waals surface area contributed by atoms with Gasteiger partial charge in [0.25, 0.3) is 6.43 Å². The zero-order valence-corrected chi connectivity index (χ0v) is 7.35. The first-order chi connectivity index (χ1) is 6.16. The number of halogens is 3. The van der Waals surface area contributed by atoms with Crippen LogP contribution in [-0.2, 0) is 6.54 Å². The minimum atomic E-state index is -2.63. The molecule has 0 unspecified atom stereocenters. The van der Waals surface area contributed by atoms with E-state index in [0.717, 1.165) is 0 Å². The van der Waals surface area contributed by atoms with Gasteiger partial charge in [-0.05, 0) is 11.6 Å². The highest BCUT2D eigenvalue weighted by molar-refractivity contribution is 6.31. The maximum absolute atomic E-state index is 12.4. The standard InChI is InChI=1S/C8H8ClF2NO/c9-6-3-1-2-5(4-12-13)7(6)8(10)11/h1-3,8,12-13H,4H2. The molecule has 0 aliphatic carbocycles. The average molecular weight is 208 g/mol. The molecular formula is C8H8ClF2NO. The summed E-state index contributed by atoms with van der Waals surface area (Å²) in [5, 5.41) is 8.40. The minimum absolute atomic E-state index is 0.0164. The smallest absolute Gasteiger partial charge is 0.265 e. The molecule has 0 saturated heterocycles. The Kier molecular flexibility index (Phi) is 3.59. The lowest BCUT2D eigenvalue weighted by molar-refractivity contribution is 0.142. The molecule has 1 aromatic carbocycles. The van der Waals surface area contributed by atoms with Crippen molar-refractivity contribution in [3.63, 3.8) is 0 Å². The van der Waals surface area contributed by atoms with Crippen LogP contribution in [0, 0.1) is 0 Å². The Morgan fingerprint density at radius 2 is 2.15 bits per heavy atom. The van der Waals surface area contributed by atoms with Crippen LogP contribution in [0.3, 0.4) is 0 Å². The second-order valence-electron chi connectivity index (χ2n) is 2.45. The summed E-state index contributed by atoms with van der Waals surface area (Å²) < 4.78 is 24.8. The summed E-state index contributed by atoms with van der Waals surface area (Å²) in [6.07, 6.45) is -2.63. The van der Waals surface area contributed by atoms with Crippen LogP contribution in [-0.4, -0.2) is 5.21 Å². The molecule has 5 heteroatoms. The van der Waals surface area contributed by atoms with Crippen molar-refractivity contribution >= 4 is 11.6 Å². The fourth-order valence-corrected chi connectivity index (χ4v) is 1.34. The highest BCUT2D eigenvalue weighted by Crippen LogP contribution is 2.29. The second kappa shape index (κ2) is 4.50. The number of hydrogen-bond donors (Lipinski definition) is 2. The van der Waals surface area contributed by atoms with Crippen LogP contribution in [0.15, 0.2) is 18.2 Å². The maximum atomic E-state index is 12.4. The molecule has 2 nitrogen and oxygen atoms in total. The predicted octanol–water partition coefficient (Wildman–Crippen LogP) is 2.76. The molecule has 0 aromatic heterocycles. The van der Waals surface area contributed by atoms with Crippen LogP contribution >= 0.6 is 11.6 Å². The van der Waals surface area contributed by atoms with Gasteiger partial charge < -0.3 is 5.21 Å². The number of alkyl halides is 2. The summed E-state index contributed by atoms with van der Waals surface area (Å²) >= 11 is 5.57. The molecule has 0 radical (unpaired) electrons. The highest BCUT2D eigenvalue weighted by atomic mass is 35.5. The molecule has 0 saturated carbocycles. The number of rotatable bonds is 3. The third kappa shape index (κ3) is 2.37. The summed E-state index contributed by atoms with van der Waals surface area (Å²) in [6.45, 7) is -0.0414. The van der Waals surface area contributed by atoms with Crippen LogP contribution < -0.4 is 5.48 Å². The van der Waals surface area contributed by atoms with Crippen molar-refractivity contribution in [1.29, 1.82) is 0 Å². The van der Waals surface area contributed by atoms with Gasteiger partial charge in [0, 0.05) is 17.1 Å². The second-order valence-corrected chi connectivity index (χ2v) is 2.86. The Labute approximate surface area is 79.1 Å². The van der Waals surface area contributed by atoms with Crippen LogP contribution in [0.1, 0.15) is 17.6 Å². The predicted molar refractivity (Wildman–Crippen MR) is 45.0 cm³/mol. The SMILES string of the molecule is ONCc1cccc(Cl)c1C(F)F. The first kappa shape index (κ1) is 10.4. The van der Waals surface area contributed by atoms with Gasteiger partial charge >= 0.3 is 0 Å². The van der Waals surface area contributed by atoms with Gasteiger partial charge in [0.1, 0.15) is 0 Å². The summed E-state index contributed by atoms with van der Waals surface area (Å²) in [7, 11) is 0. The summed E-state index contributed by atoms with van der Waals surface area (Å²) in [4.78, 5) is 0. The lowest BCUT2D eigenvalue weighted by Crippen LogP contribution is -2.09. The Bertz CT molecular complexity index is 293. The van der Waals surface area contributed by atoms with Gasteiger partial charge in [0.05, 0.1) is 0 Å². The molecule has 0 spiro atoms. The first-order valence-electron chi connectivity index (χ1n) is 3.59. The number of benzene rings is 1. The Balaban J connectivity index is 3.10. The zero-order chi connectivity index (χ0) is 9.84. The van der Waals surface area contributed by atoms with Crippen molar-refractivity contribution in [3.05, 3.63) is 34.3 Å². The third-order valence-corrected chi connectivity index (χ3v) is 1.96. The van der Waals surface area contributed by atoms with Gasteiger partial charge in [-0.25, -0.2) is 14.3 Å². The van der Waals surface area contributed by atoms with Crippen LogP contribution in [0.5, 0.6) is 0 Å². The van der Waals surface area contributed by atoms with Gasteiger partial charge in [-0.2, -0.15) is 0 Å². The summed E-state index contributed by atoms with van der Waals surface area (Å²) in [5.74, 6) is 0. The lowest BCUT2D eigenvalue weighted by Gasteiger charge is -2.09. The van der Waals surface area contributed by atoms with Gasteiger partial charge in [-0.1, -0.05) is 23.7 Å². The first-order valence-corrected chi connectivity index (χ1v) is 3.97. The molecule has 72 valence electrons. The van der Waals surface area contributed by atoms with Gasteiger partial charge in [-0.15, -0.1) is 0 Å². The Morgan fingerprint density at radius 1 is 1.46 bits per heavy atom. The van der Waals surface area contributed by atoms with E-state index in [1.807, 2.05) is 5.48 Å². The fourth-order valence-electron chi connectivity index (χ4n) is 1.07. The Hall–Kier alpha value is -0.710. The van der Waals surface area contributed by atoms with E-state index in [0.29, 0.717) is 5.56 Å². The largest absolute Gasteiger partial charge is 0.316 e. The molecule has 0 amide bonds. The molecule has 0 bridgehead atoms. The quantitative estimate of drug-likeness (QED) is 0.747. The molecule has 0 aliphatic heterocycles. The summed E-state index contributed by atoms with van der Waals surface area (Å²) in [5.41, 5.74) is 1.88. The molecule has 1 aromatic rings. The normalized spacial score (nSPS) is 10.8. The van der Waals surface area contributed by atoms with Gasteiger partial charge in [0.15, 0.2) is 0 Å². The number of hydroxylamine groups is 1. The van der Waals surface area contributed by atoms with Crippen molar-refractivity contribution in [2.24, 2.45) is 0 Å². The molecule has 0 heterocycles. The molecule has 0 atom stereocenters. The monoisotopic (exact) mass is 207 g/mol. The number of nitrogens with one attached hydrogen (secondary N) is 1. The van der Waals surface area contributed by atoms with Crippen molar-refractivity contribution < 1.29 is 14.0 Å². The van der Waals surface area contributed by atoms with Gasteiger partial charge in [-0.3, -0.25) is 0 Å². The highest BCUT2D eigenvalue weighted by Gasteiger charge is 2.15. The van der Waals surface area contributed by atoms with E-state index in [2.05, 4.69) is 0 Å².